The van der Waals surface area contributed by atoms with Crippen molar-refractivity contribution in [2.75, 3.05) is 19.7 Å². The highest BCUT2D eigenvalue weighted by Crippen LogP contribution is 2.33. The van der Waals surface area contributed by atoms with Crippen molar-refractivity contribution in [1.82, 2.24) is 13.9 Å². The summed E-state index contributed by atoms with van der Waals surface area (Å²) in [6.07, 6.45) is 3.19. The third-order valence-electron chi connectivity index (χ3n) is 5.88. The lowest BCUT2D eigenvalue weighted by atomic mass is 10.1. The van der Waals surface area contributed by atoms with Crippen LogP contribution in [0.25, 0.3) is 11.0 Å². The van der Waals surface area contributed by atoms with Gasteiger partial charge in [-0.1, -0.05) is 26.0 Å². The SMILES string of the molecule is CCOc1ccc(Cc2nc3cc(S(=O)(=O)N(CC)CC)ccc3n2CC2CC2)cc1. The number of benzene rings is 2. The third-order valence-corrected chi connectivity index (χ3v) is 7.92. The van der Waals surface area contributed by atoms with E-state index in [-0.39, 0.29) is 0 Å². The van der Waals surface area contributed by atoms with Crippen LogP contribution in [0.1, 0.15) is 45.0 Å². The molecule has 0 aliphatic heterocycles. The van der Waals surface area contributed by atoms with Crippen LogP contribution in [-0.4, -0.2) is 42.0 Å². The molecule has 1 aliphatic rings. The lowest BCUT2D eigenvalue weighted by Crippen LogP contribution is -2.30. The second-order valence-corrected chi connectivity index (χ2v) is 10.0. The zero-order valence-electron chi connectivity index (χ0n) is 18.5. The Morgan fingerprint density at radius 2 is 1.77 bits per heavy atom. The summed E-state index contributed by atoms with van der Waals surface area (Å²) < 4.78 is 35.2. The van der Waals surface area contributed by atoms with E-state index < -0.39 is 10.0 Å². The van der Waals surface area contributed by atoms with Crippen molar-refractivity contribution in [3.8, 4) is 5.75 Å². The Bertz CT molecular complexity index is 1140. The van der Waals surface area contributed by atoms with E-state index in [4.69, 9.17) is 9.72 Å². The number of hydrogen-bond acceptors (Lipinski definition) is 4. The fourth-order valence-corrected chi connectivity index (χ4v) is 5.46. The monoisotopic (exact) mass is 441 g/mol. The predicted octanol–water partition coefficient (Wildman–Crippen LogP) is 4.47. The molecule has 1 heterocycles. The second kappa shape index (κ2) is 9.01. The van der Waals surface area contributed by atoms with Crippen LogP contribution >= 0.6 is 0 Å². The summed E-state index contributed by atoms with van der Waals surface area (Å²) in [4.78, 5) is 5.19. The molecule has 166 valence electrons. The van der Waals surface area contributed by atoms with Gasteiger partial charge in [0.05, 0.1) is 22.5 Å². The summed E-state index contributed by atoms with van der Waals surface area (Å²) in [5.41, 5.74) is 2.91. The number of ether oxygens (including phenoxy) is 1. The molecule has 0 saturated heterocycles. The molecular formula is C24H31N3O3S. The topological polar surface area (TPSA) is 64.4 Å². The molecule has 0 spiro atoms. The zero-order valence-corrected chi connectivity index (χ0v) is 19.4. The molecule has 3 aromatic rings. The highest BCUT2D eigenvalue weighted by atomic mass is 32.2. The molecule has 31 heavy (non-hydrogen) atoms. The van der Waals surface area contributed by atoms with Gasteiger partial charge in [-0.05, 0) is 61.6 Å². The minimum Gasteiger partial charge on any atom is -0.494 e. The number of nitrogens with zero attached hydrogens (tertiary/aromatic N) is 3. The first-order chi connectivity index (χ1) is 15.0. The van der Waals surface area contributed by atoms with E-state index in [1.54, 1.807) is 12.1 Å². The molecule has 1 aliphatic carbocycles. The van der Waals surface area contributed by atoms with E-state index in [0.29, 0.717) is 36.9 Å². The van der Waals surface area contributed by atoms with Crippen LogP contribution in [0, 0.1) is 5.92 Å². The van der Waals surface area contributed by atoms with Gasteiger partial charge >= 0.3 is 0 Å². The van der Waals surface area contributed by atoms with Gasteiger partial charge in [-0.25, -0.2) is 13.4 Å². The van der Waals surface area contributed by atoms with Crippen molar-refractivity contribution in [3.63, 3.8) is 0 Å². The van der Waals surface area contributed by atoms with Gasteiger partial charge in [0.1, 0.15) is 11.6 Å². The maximum absolute atomic E-state index is 13.0. The molecule has 6 nitrogen and oxygen atoms in total. The second-order valence-electron chi connectivity index (χ2n) is 8.08. The molecular weight excluding hydrogens is 410 g/mol. The fraction of sp³-hybridized carbons (Fsp3) is 0.458. The molecule has 1 aromatic heterocycles. The smallest absolute Gasteiger partial charge is 0.243 e. The number of sulfonamides is 1. The fourth-order valence-electron chi connectivity index (χ4n) is 3.98. The quantitative estimate of drug-likeness (QED) is 0.466. The van der Waals surface area contributed by atoms with Gasteiger partial charge in [0, 0.05) is 26.1 Å². The Morgan fingerprint density at radius 3 is 2.39 bits per heavy atom. The molecule has 1 fully saturated rings. The Balaban J connectivity index is 1.70. The highest BCUT2D eigenvalue weighted by molar-refractivity contribution is 7.89. The number of hydrogen-bond donors (Lipinski definition) is 0. The Labute approximate surface area is 184 Å². The lowest BCUT2D eigenvalue weighted by molar-refractivity contribution is 0.340. The van der Waals surface area contributed by atoms with E-state index >= 15 is 0 Å². The summed E-state index contributed by atoms with van der Waals surface area (Å²) in [7, 11) is -3.51. The standard InChI is InChI=1S/C24H31N3O3S/c1-4-26(5-2)31(28,29)21-13-14-23-22(16-21)25-24(27(23)17-19-7-8-19)15-18-9-11-20(12-10-18)30-6-3/h9-14,16,19H,4-8,15,17H2,1-3H3. The van der Waals surface area contributed by atoms with Gasteiger partial charge in [-0.15, -0.1) is 0 Å². The summed E-state index contributed by atoms with van der Waals surface area (Å²) in [5, 5.41) is 0. The van der Waals surface area contributed by atoms with Gasteiger partial charge in [-0.2, -0.15) is 4.31 Å². The van der Waals surface area contributed by atoms with Crippen molar-refractivity contribution in [1.29, 1.82) is 0 Å². The number of rotatable bonds is 10. The molecule has 7 heteroatoms. The summed E-state index contributed by atoms with van der Waals surface area (Å²) in [5.74, 6) is 2.53. The van der Waals surface area contributed by atoms with Crippen LogP contribution in [0.15, 0.2) is 47.4 Å². The Hall–Kier alpha value is -2.38. The van der Waals surface area contributed by atoms with Crippen LogP contribution in [-0.2, 0) is 23.0 Å². The molecule has 2 aromatic carbocycles. The molecule has 0 atom stereocenters. The van der Waals surface area contributed by atoms with Crippen LogP contribution < -0.4 is 4.74 Å². The summed E-state index contributed by atoms with van der Waals surface area (Å²) in [6, 6.07) is 13.5. The van der Waals surface area contributed by atoms with E-state index in [1.807, 2.05) is 39.0 Å². The van der Waals surface area contributed by atoms with Crippen LogP contribution in [0.4, 0.5) is 0 Å². The number of aromatic nitrogens is 2. The highest BCUT2D eigenvalue weighted by Gasteiger charge is 2.26. The molecule has 0 N–H and O–H groups in total. The van der Waals surface area contributed by atoms with Gasteiger partial charge in [0.2, 0.25) is 10.0 Å². The van der Waals surface area contributed by atoms with E-state index in [1.165, 1.54) is 17.1 Å². The largest absolute Gasteiger partial charge is 0.494 e. The predicted molar refractivity (Wildman–Crippen MR) is 123 cm³/mol. The third kappa shape index (κ3) is 4.62. The van der Waals surface area contributed by atoms with Crippen molar-refractivity contribution >= 4 is 21.1 Å². The molecule has 4 rings (SSSR count). The Kier molecular flexibility index (Phi) is 6.34. The van der Waals surface area contributed by atoms with Crippen LogP contribution in [0.5, 0.6) is 5.75 Å². The van der Waals surface area contributed by atoms with Crippen molar-refractivity contribution < 1.29 is 13.2 Å². The Morgan fingerprint density at radius 1 is 1.06 bits per heavy atom. The number of imidazole rings is 1. The van der Waals surface area contributed by atoms with E-state index in [2.05, 4.69) is 16.7 Å². The molecule has 1 saturated carbocycles. The maximum Gasteiger partial charge on any atom is 0.243 e. The van der Waals surface area contributed by atoms with E-state index in [0.717, 1.165) is 34.7 Å². The average Bonchev–Trinajstić information content (AvgIpc) is 3.52. The first-order valence-corrected chi connectivity index (χ1v) is 12.6. The summed E-state index contributed by atoms with van der Waals surface area (Å²) in [6.45, 7) is 8.19. The molecule has 0 bridgehead atoms. The van der Waals surface area contributed by atoms with Gasteiger partial charge in [0.25, 0.3) is 0 Å². The van der Waals surface area contributed by atoms with Gasteiger partial charge in [-0.3, -0.25) is 0 Å². The zero-order chi connectivity index (χ0) is 22.0. The minimum atomic E-state index is -3.51. The van der Waals surface area contributed by atoms with Crippen LogP contribution in [0.3, 0.4) is 0 Å². The first-order valence-electron chi connectivity index (χ1n) is 11.2. The maximum atomic E-state index is 13.0. The first kappa shape index (κ1) is 21.8. The average molecular weight is 442 g/mol. The van der Waals surface area contributed by atoms with Gasteiger partial charge < -0.3 is 9.30 Å². The molecule has 0 amide bonds. The molecule has 0 unspecified atom stereocenters. The van der Waals surface area contributed by atoms with Crippen molar-refractivity contribution in [2.45, 2.75) is 51.5 Å². The lowest BCUT2D eigenvalue weighted by Gasteiger charge is -2.18. The number of fused-ring (bicyclic) bond motifs is 1. The normalized spacial score (nSPS) is 14.5. The van der Waals surface area contributed by atoms with Crippen molar-refractivity contribution in [2.24, 2.45) is 5.92 Å². The molecule has 0 radical (unpaired) electrons. The van der Waals surface area contributed by atoms with Crippen LogP contribution in [0.2, 0.25) is 0 Å². The summed E-state index contributed by atoms with van der Waals surface area (Å²) >= 11 is 0. The van der Waals surface area contributed by atoms with Crippen molar-refractivity contribution in [3.05, 3.63) is 53.9 Å². The minimum absolute atomic E-state index is 0.312. The van der Waals surface area contributed by atoms with E-state index in [9.17, 15) is 8.42 Å². The van der Waals surface area contributed by atoms with Gasteiger partial charge in [0.15, 0.2) is 0 Å².